The number of rotatable bonds is 6. The van der Waals surface area contributed by atoms with Gasteiger partial charge in [-0.1, -0.05) is 11.6 Å². The molecule has 0 radical (unpaired) electrons. The van der Waals surface area contributed by atoms with Crippen molar-refractivity contribution in [3.63, 3.8) is 0 Å². The molecule has 1 N–H and O–H groups in total. The largest absolute Gasteiger partial charge is 0.492 e. The summed E-state index contributed by atoms with van der Waals surface area (Å²) in [6.07, 6.45) is 0.484. The molecule has 1 aromatic rings. The predicted octanol–water partition coefficient (Wildman–Crippen LogP) is 1.45. The molecular formula is C15H18ClNO5. The molecule has 6 nitrogen and oxygen atoms in total. The molecule has 1 heterocycles. The Hall–Kier alpha value is -1.79. The van der Waals surface area contributed by atoms with E-state index in [0.29, 0.717) is 11.4 Å². The molecule has 1 aromatic carbocycles. The maximum absolute atomic E-state index is 12.5. The van der Waals surface area contributed by atoms with E-state index >= 15 is 0 Å². The minimum absolute atomic E-state index is 0.233. The fraction of sp³-hybridized carbons (Fsp3) is 0.467. The quantitative estimate of drug-likeness (QED) is 0.856. The lowest BCUT2D eigenvalue weighted by Crippen LogP contribution is -2.44. The number of nitrogens with zero attached hydrogens (tertiary/aromatic N) is 1. The van der Waals surface area contributed by atoms with E-state index in [1.807, 2.05) is 0 Å². The summed E-state index contributed by atoms with van der Waals surface area (Å²) in [7, 11) is 1.51. The fourth-order valence-corrected chi connectivity index (χ4v) is 2.61. The minimum atomic E-state index is -1.05. The second-order valence-electron chi connectivity index (χ2n) is 5.11. The van der Waals surface area contributed by atoms with E-state index in [0.717, 1.165) is 11.3 Å². The zero-order valence-electron chi connectivity index (χ0n) is 12.3. The smallest absolute Gasteiger partial charge is 0.323 e. The molecule has 1 aliphatic rings. The Morgan fingerprint density at radius 2 is 2.27 bits per heavy atom. The molecular weight excluding hydrogens is 310 g/mol. The van der Waals surface area contributed by atoms with Gasteiger partial charge in [-0.3, -0.25) is 9.59 Å². The van der Waals surface area contributed by atoms with Crippen molar-refractivity contribution in [2.75, 3.05) is 33.4 Å². The monoisotopic (exact) mass is 327 g/mol. The van der Waals surface area contributed by atoms with Crippen molar-refractivity contribution in [2.24, 2.45) is 5.92 Å². The number of carboxylic acids is 1. The third-order valence-corrected chi connectivity index (χ3v) is 3.72. The number of ether oxygens (including phenoxy) is 2. The zero-order chi connectivity index (χ0) is 16.1. The van der Waals surface area contributed by atoms with Gasteiger partial charge in [0.2, 0.25) is 5.91 Å². The van der Waals surface area contributed by atoms with Gasteiger partial charge in [0.1, 0.15) is 18.9 Å². The second kappa shape index (κ2) is 7.47. The summed E-state index contributed by atoms with van der Waals surface area (Å²) in [5.41, 5.74) is 0.860. The van der Waals surface area contributed by atoms with Crippen LogP contribution in [0.1, 0.15) is 5.56 Å². The van der Waals surface area contributed by atoms with Gasteiger partial charge in [0, 0.05) is 18.7 Å². The third-order valence-electron chi connectivity index (χ3n) is 3.48. The van der Waals surface area contributed by atoms with E-state index < -0.39 is 11.9 Å². The van der Waals surface area contributed by atoms with Gasteiger partial charge in [-0.05, 0) is 30.2 Å². The average molecular weight is 328 g/mol. The highest BCUT2D eigenvalue weighted by molar-refractivity contribution is 6.30. The van der Waals surface area contributed by atoms with Gasteiger partial charge in [0.15, 0.2) is 0 Å². The van der Waals surface area contributed by atoms with Crippen LogP contribution >= 0.6 is 11.6 Å². The van der Waals surface area contributed by atoms with Crippen molar-refractivity contribution in [2.45, 2.75) is 6.42 Å². The van der Waals surface area contributed by atoms with Crippen LogP contribution in [0.2, 0.25) is 5.02 Å². The second-order valence-corrected chi connectivity index (χ2v) is 5.55. The summed E-state index contributed by atoms with van der Waals surface area (Å²) in [5, 5.41) is 9.52. The standard InChI is InChI=1S/C15H18ClNO5/c1-21-5-4-17(8-14(18)19)15(20)11-6-10-7-12(16)2-3-13(10)22-9-11/h2-3,7,11H,4-6,8-9H2,1H3,(H,18,19). The Morgan fingerprint density at radius 3 is 2.95 bits per heavy atom. The molecule has 0 bridgehead atoms. The van der Waals surface area contributed by atoms with Crippen LogP contribution in [0.4, 0.5) is 0 Å². The summed E-state index contributed by atoms with van der Waals surface area (Å²) in [6, 6.07) is 5.28. The number of aliphatic carboxylic acids is 1. The van der Waals surface area contributed by atoms with Crippen molar-refractivity contribution < 1.29 is 24.2 Å². The summed E-state index contributed by atoms with van der Waals surface area (Å²) >= 11 is 5.96. The number of hydrogen-bond acceptors (Lipinski definition) is 4. The number of carboxylic acid groups (broad SMARTS) is 1. The Kier molecular flexibility index (Phi) is 5.63. The van der Waals surface area contributed by atoms with Gasteiger partial charge < -0.3 is 19.5 Å². The third kappa shape index (κ3) is 4.11. The van der Waals surface area contributed by atoms with Gasteiger partial charge in [-0.25, -0.2) is 0 Å². The topological polar surface area (TPSA) is 76.1 Å². The summed E-state index contributed by atoms with van der Waals surface area (Å²) in [4.78, 5) is 24.7. The Balaban J connectivity index is 2.09. The van der Waals surface area contributed by atoms with E-state index in [1.54, 1.807) is 18.2 Å². The number of carbonyl (C=O) groups is 2. The number of carbonyl (C=O) groups excluding carboxylic acids is 1. The zero-order valence-corrected chi connectivity index (χ0v) is 13.0. The average Bonchev–Trinajstić information content (AvgIpc) is 2.49. The number of benzene rings is 1. The molecule has 0 aliphatic carbocycles. The van der Waals surface area contributed by atoms with Crippen LogP contribution in [-0.2, 0) is 20.7 Å². The van der Waals surface area contributed by atoms with Gasteiger partial charge in [-0.15, -0.1) is 0 Å². The molecule has 2 rings (SSSR count). The van der Waals surface area contributed by atoms with Crippen LogP contribution in [0, 0.1) is 5.92 Å². The van der Waals surface area contributed by atoms with Crippen LogP contribution in [-0.4, -0.2) is 55.3 Å². The fourth-order valence-electron chi connectivity index (χ4n) is 2.41. The summed E-state index contributed by atoms with van der Waals surface area (Å²) < 4.78 is 10.5. The van der Waals surface area contributed by atoms with Gasteiger partial charge in [0.25, 0.3) is 0 Å². The van der Waals surface area contributed by atoms with Gasteiger partial charge >= 0.3 is 5.97 Å². The van der Waals surface area contributed by atoms with Gasteiger partial charge in [-0.2, -0.15) is 0 Å². The molecule has 120 valence electrons. The SMILES string of the molecule is COCCN(CC(=O)O)C(=O)C1COc2ccc(Cl)cc2C1. The first-order valence-corrected chi connectivity index (χ1v) is 7.29. The first-order chi connectivity index (χ1) is 10.5. The predicted molar refractivity (Wildman–Crippen MR) is 80.2 cm³/mol. The lowest BCUT2D eigenvalue weighted by Gasteiger charge is -2.29. The highest BCUT2D eigenvalue weighted by Crippen LogP contribution is 2.30. The van der Waals surface area contributed by atoms with Crippen LogP contribution in [0.5, 0.6) is 5.75 Å². The molecule has 0 fully saturated rings. The van der Waals surface area contributed by atoms with Crippen molar-refractivity contribution in [3.8, 4) is 5.75 Å². The summed E-state index contributed by atoms with van der Waals surface area (Å²) in [6.45, 7) is 0.410. The maximum atomic E-state index is 12.5. The van der Waals surface area contributed by atoms with Crippen molar-refractivity contribution in [3.05, 3.63) is 28.8 Å². The number of fused-ring (bicyclic) bond motifs is 1. The molecule has 1 aliphatic heterocycles. The van der Waals surface area contributed by atoms with E-state index in [1.165, 1.54) is 12.0 Å². The van der Waals surface area contributed by atoms with E-state index in [-0.39, 0.29) is 32.2 Å². The molecule has 1 unspecified atom stereocenters. The highest BCUT2D eigenvalue weighted by Gasteiger charge is 2.30. The first-order valence-electron chi connectivity index (χ1n) is 6.92. The van der Waals surface area contributed by atoms with Crippen LogP contribution in [0.25, 0.3) is 0 Å². The van der Waals surface area contributed by atoms with Gasteiger partial charge in [0.05, 0.1) is 12.5 Å². The molecule has 0 saturated carbocycles. The van der Waals surface area contributed by atoms with E-state index in [9.17, 15) is 9.59 Å². The van der Waals surface area contributed by atoms with E-state index in [2.05, 4.69) is 0 Å². The van der Waals surface area contributed by atoms with Crippen molar-refractivity contribution in [1.29, 1.82) is 0 Å². The van der Waals surface area contributed by atoms with Crippen molar-refractivity contribution in [1.82, 2.24) is 4.90 Å². The normalized spacial score (nSPS) is 16.5. The molecule has 22 heavy (non-hydrogen) atoms. The first kappa shape index (κ1) is 16.6. The Labute approximate surface area is 133 Å². The van der Waals surface area contributed by atoms with E-state index in [4.69, 9.17) is 26.2 Å². The molecule has 0 aromatic heterocycles. The lowest BCUT2D eigenvalue weighted by atomic mass is 9.95. The highest BCUT2D eigenvalue weighted by atomic mass is 35.5. The lowest BCUT2D eigenvalue weighted by molar-refractivity contribution is -0.147. The molecule has 1 atom stereocenters. The number of amides is 1. The number of hydrogen-bond donors (Lipinski definition) is 1. The van der Waals surface area contributed by atoms with Crippen molar-refractivity contribution >= 4 is 23.5 Å². The molecule has 7 heteroatoms. The summed E-state index contributed by atoms with van der Waals surface area (Å²) in [5.74, 6) is -0.994. The molecule has 1 amide bonds. The van der Waals surface area contributed by atoms with Crippen LogP contribution < -0.4 is 4.74 Å². The number of halogens is 1. The molecule has 0 spiro atoms. The Morgan fingerprint density at radius 1 is 1.50 bits per heavy atom. The Bertz CT molecular complexity index is 563. The minimum Gasteiger partial charge on any atom is -0.492 e. The van der Waals surface area contributed by atoms with Crippen LogP contribution in [0.15, 0.2) is 18.2 Å². The van der Waals surface area contributed by atoms with Crippen LogP contribution in [0.3, 0.4) is 0 Å². The maximum Gasteiger partial charge on any atom is 0.323 e. The number of methoxy groups -OCH3 is 1. The molecule has 0 saturated heterocycles.